The number of benzene rings is 1. The van der Waals surface area contributed by atoms with Gasteiger partial charge in [-0.05, 0) is 18.4 Å². The minimum absolute atomic E-state index is 0.0143. The van der Waals surface area contributed by atoms with Gasteiger partial charge in [-0.15, -0.1) is 0 Å². The number of carbonyl (C=O) groups excluding carboxylic acids is 1. The van der Waals surface area contributed by atoms with Crippen LogP contribution in [0.2, 0.25) is 0 Å². The highest BCUT2D eigenvalue weighted by molar-refractivity contribution is 5.83. The Hall–Kier alpha value is -1.95. The van der Waals surface area contributed by atoms with E-state index < -0.39 is 4.92 Å². The van der Waals surface area contributed by atoms with E-state index in [1.54, 1.807) is 12.1 Å². The van der Waals surface area contributed by atoms with E-state index in [9.17, 15) is 14.9 Å². The quantitative estimate of drug-likeness (QED) is 0.618. The summed E-state index contributed by atoms with van der Waals surface area (Å²) in [7, 11) is 0. The molecule has 0 heterocycles. The monoisotopic (exact) mass is 263 g/mol. The maximum absolute atomic E-state index is 12.0. The second-order valence-electron chi connectivity index (χ2n) is 4.94. The van der Waals surface area contributed by atoms with Crippen molar-refractivity contribution in [1.82, 2.24) is 5.32 Å². The summed E-state index contributed by atoms with van der Waals surface area (Å²) < 4.78 is 0. The zero-order chi connectivity index (χ0) is 13.9. The lowest BCUT2D eigenvalue weighted by atomic mass is 9.68. The fourth-order valence-corrected chi connectivity index (χ4v) is 2.23. The van der Waals surface area contributed by atoms with E-state index in [0.29, 0.717) is 13.1 Å². The van der Waals surface area contributed by atoms with Crippen LogP contribution >= 0.6 is 0 Å². The number of nitrogens with zero attached hydrogens (tertiary/aromatic N) is 1. The van der Waals surface area contributed by atoms with Crippen molar-refractivity contribution in [2.75, 3.05) is 6.54 Å². The number of non-ortho nitro benzene ring substituents is 1. The molecule has 1 aromatic carbocycles. The molecule has 1 fully saturated rings. The van der Waals surface area contributed by atoms with Gasteiger partial charge in [0.25, 0.3) is 5.69 Å². The molecule has 2 rings (SSSR count). The second-order valence-corrected chi connectivity index (χ2v) is 4.94. The van der Waals surface area contributed by atoms with Crippen molar-refractivity contribution in [1.29, 1.82) is 0 Å². The Labute approximate surface area is 111 Å². The highest BCUT2D eigenvalue weighted by Crippen LogP contribution is 2.40. The van der Waals surface area contributed by atoms with Gasteiger partial charge in [0.05, 0.1) is 10.3 Å². The summed E-state index contributed by atoms with van der Waals surface area (Å²) in [5, 5.41) is 13.4. The Morgan fingerprint density at radius 2 is 2.00 bits per heavy atom. The molecule has 0 atom stereocenters. The van der Waals surface area contributed by atoms with Crippen LogP contribution in [0.3, 0.4) is 0 Å². The SMILES string of the molecule is NCC1(C(=O)NCc2ccc([N+](=O)[O-])cc2)CCC1. The molecule has 1 saturated carbocycles. The summed E-state index contributed by atoms with van der Waals surface area (Å²) in [6.45, 7) is 0.748. The molecule has 0 unspecified atom stereocenters. The van der Waals surface area contributed by atoms with Crippen LogP contribution in [-0.2, 0) is 11.3 Å². The van der Waals surface area contributed by atoms with Crippen molar-refractivity contribution in [3.8, 4) is 0 Å². The second kappa shape index (κ2) is 5.36. The van der Waals surface area contributed by atoms with Gasteiger partial charge in [0.15, 0.2) is 0 Å². The van der Waals surface area contributed by atoms with Gasteiger partial charge in [-0.1, -0.05) is 18.6 Å². The number of hydrogen-bond acceptors (Lipinski definition) is 4. The van der Waals surface area contributed by atoms with Gasteiger partial charge in [0, 0.05) is 25.2 Å². The predicted molar refractivity (Wildman–Crippen MR) is 70.3 cm³/mol. The van der Waals surface area contributed by atoms with Crippen LogP contribution in [-0.4, -0.2) is 17.4 Å². The van der Waals surface area contributed by atoms with Crippen molar-refractivity contribution in [2.24, 2.45) is 11.1 Å². The first-order valence-corrected chi connectivity index (χ1v) is 6.29. The molecule has 6 heteroatoms. The molecular formula is C13H17N3O3. The normalized spacial score (nSPS) is 16.5. The molecule has 1 aliphatic carbocycles. The number of nitrogens with two attached hydrogens (primary N) is 1. The summed E-state index contributed by atoms with van der Waals surface area (Å²) in [6, 6.07) is 6.16. The van der Waals surface area contributed by atoms with Crippen molar-refractivity contribution < 1.29 is 9.72 Å². The number of carbonyl (C=O) groups is 1. The van der Waals surface area contributed by atoms with E-state index in [2.05, 4.69) is 5.32 Å². The summed E-state index contributed by atoms with van der Waals surface area (Å²) in [4.78, 5) is 22.1. The summed E-state index contributed by atoms with van der Waals surface area (Å²) in [5.41, 5.74) is 6.15. The smallest absolute Gasteiger partial charge is 0.269 e. The zero-order valence-corrected chi connectivity index (χ0v) is 10.6. The molecule has 0 saturated heterocycles. The van der Waals surface area contributed by atoms with Crippen LogP contribution in [0.5, 0.6) is 0 Å². The molecule has 1 aromatic rings. The van der Waals surface area contributed by atoms with Gasteiger partial charge in [-0.2, -0.15) is 0 Å². The van der Waals surface area contributed by atoms with Crippen molar-refractivity contribution in [3.05, 3.63) is 39.9 Å². The first-order valence-electron chi connectivity index (χ1n) is 6.29. The first-order chi connectivity index (χ1) is 9.07. The van der Waals surface area contributed by atoms with Crippen LogP contribution < -0.4 is 11.1 Å². The van der Waals surface area contributed by atoms with Gasteiger partial charge < -0.3 is 11.1 Å². The molecule has 0 radical (unpaired) electrons. The third kappa shape index (κ3) is 2.73. The average molecular weight is 263 g/mol. The molecule has 0 spiro atoms. The zero-order valence-electron chi connectivity index (χ0n) is 10.6. The first kappa shape index (κ1) is 13.5. The number of rotatable bonds is 5. The van der Waals surface area contributed by atoms with Crippen molar-refractivity contribution in [2.45, 2.75) is 25.8 Å². The van der Waals surface area contributed by atoms with E-state index in [1.807, 2.05) is 0 Å². The van der Waals surface area contributed by atoms with E-state index in [1.165, 1.54) is 12.1 Å². The molecule has 0 bridgehead atoms. The summed E-state index contributed by atoms with van der Waals surface area (Å²) in [6.07, 6.45) is 2.73. The number of nitro benzene ring substituents is 1. The predicted octanol–water partition coefficient (Wildman–Crippen LogP) is 1.34. The van der Waals surface area contributed by atoms with Crippen LogP contribution in [0, 0.1) is 15.5 Å². The van der Waals surface area contributed by atoms with Crippen LogP contribution in [0.15, 0.2) is 24.3 Å². The third-order valence-electron chi connectivity index (χ3n) is 3.78. The largest absolute Gasteiger partial charge is 0.352 e. The molecular weight excluding hydrogens is 246 g/mol. The number of amides is 1. The molecule has 0 aliphatic heterocycles. The Morgan fingerprint density at radius 1 is 1.37 bits per heavy atom. The lowest BCUT2D eigenvalue weighted by molar-refractivity contribution is -0.384. The molecule has 0 aromatic heterocycles. The summed E-state index contributed by atoms with van der Waals surface area (Å²) >= 11 is 0. The number of nitrogens with one attached hydrogen (secondary N) is 1. The van der Waals surface area contributed by atoms with Crippen LogP contribution in [0.25, 0.3) is 0 Å². The van der Waals surface area contributed by atoms with Gasteiger partial charge in [0.2, 0.25) is 5.91 Å². The van der Waals surface area contributed by atoms with Crippen molar-refractivity contribution >= 4 is 11.6 Å². The maximum Gasteiger partial charge on any atom is 0.269 e. The minimum atomic E-state index is -0.444. The Kier molecular flexibility index (Phi) is 3.80. The Bertz CT molecular complexity index is 475. The average Bonchev–Trinajstić information content (AvgIpc) is 2.36. The standard InChI is InChI=1S/C13H17N3O3/c14-9-13(6-1-7-13)12(17)15-8-10-2-4-11(5-3-10)16(18)19/h2-5H,1,6-9,14H2,(H,15,17). The van der Waals surface area contributed by atoms with E-state index in [4.69, 9.17) is 5.73 Å². The van der Waals surface area contributed by atoms with Crippen LogP contribution in [0.1, 0.15) is 24.8 Å². The Morgan fingerprint density at radius 3 is 2.42 bits per heavy atom. The molecule has 1 aliphatic rings. The third-order valence-corrected chi connectivity index (χ3v) is 3.78. The highest BCUT2D eigenvalue weighted by atomic mass is 16.6. The minimum Gasteiger partial charge on any atom is -0.352 e. The maximum atomic E-state index is 12.0. The van der Waals surface area contributed by atoms with E-state index in [0.717, 1.165) is 24.8 Å². The lowest BCUT2D eigenvalue weighted by Crippen LogP contribution is -2.50. The fraction of sp³-hybridized carbons (Fsp3) is 0.462. The number of nitro groups is 1. The Balaban J connectivity index is 1.91. The molecule has 6 nitrogen and oxygen atoms in total. The van der Waals surface area contributed by atoms with Gasteiger partial charge in [-0.25, -0.2) is 0 Å². The molecule has 19 heavy (non-hydrogen) atoms. The number of hydrogen-bond donors (Lipinski definition) is 2. The fourth-order valence-electron chi connectivity index (χ4n) is 2.23. The highest BCUT2D eigenvalue weighted by Gasteiger charge is 2.42. The lowest BCUT2D eigenvalue weighted by Gasteiger charge is -2.39. The van der Waals surface area contributed by atoms with Gasteiger partial charge in [0.1, 0.15) is 0 Å². The molecule has 3 N–H and O–H groups in total. The van der Waals surface area contributed by atoms with E-state index >= 15 is 0 Å². The molecule has 102 valence electrons. The van der Waals surface area contributed by atoms with Crippen molar-refractivity contribution in [3.63, 3.8) is 0 Å². The topological polar surface area (TPSA) is 98.3 Å². The van der Waals surface area contributed by atoms with E-state index in [-0.39, 0.29) is 17.0 Å². The van der Waals surface area contributed by atoms with Gasteiger partial charge in [-0.3, -0.25) is 14.9 Å². The summed E-state index contributed by atoms with van der Waals surface area (Å²) in [5.74, 6) is -0.0143. The van der Waals surface area contributed by atoms with Crippen LogP contribution in [0.4, 0.5) is 5.69 Å². The van der Waals surface area contributed by atoms with Gasteiger partial charge >= 0.3 is 0 Å². The molecule has 1 amide bonds.